The fourth-order valence-corrected chi connectivity index (χ4v) is 2.96. The third-order valence-corrected chi connectivity index (χ3v) is 4.44. The maximum absolute atomic E-state index is 12.0. The summed E-state index contributed by atoms with van der Waals surface area (Å²) >= 11 is 0. The minimum atomic E-state index is -3.71. The van der Waals surface area contributed by atoms with E-state index >= 15 is 0 Å². The van der Waals surface area contributed by atoms with Gasteiger partial charge in [-0.3, -0.25) is 4.84 Å². The highest BCUT2D eigenvalue weighted by atomic mass is 32.2. The summed E-state index contributed by atoms with van der Waals surface area (Å²) in [5.41, 5.74) is 0.605. The molecule has 0 heterocycles. The van der Waals surface area contributed by atoms with Crippen LogP contribution in [0.1, 0.15) is 31.2 Å². The molecule has 0 saturated heterocycles. The van der Waals surface area contributed by atoms with Gasteiger partial charge >= 0.3 is 5.97 Å². The lowest BCUT2D eigenvalue weighted by Gasteiger charge is -2.12. The van der Waals surface area contributed by atoms with Crippen LogP contribution < -0.4 is 4.89 Å². The lowest BCUT2D eigenvalue weighted by Crippen LogP contribution is -2.28. The normalized spacial score (nSPS) is 16.6. The second kappa shape index (κ2) is 6.84. The molecule has 2 N–H and O–H groups in total. The molecular formula is C14H17NO5S. The molecule has 0 radical (unpaired) electrons. The van der Waals surface area contributed by atoms with Crippen molar-refractivity contribution in [1.82, 2.24) is 4.89 Å². The van der Waals surface area contributed by atoms with Crippen LogP contribution in [0, 0.1) is 0 Å². The number of nitrogens with one attached hydrogen (secondary N) is 1. The molecule has 0 amide bonds. The van der Waals surface area contributed by atoms with E-state index in [1.165, 1.54) is 30.3 Å². The van der Waals surface area contributed by atoms with Gasteiger partial charge in [0.1, 0.15) is 0 Å². The molecule has 2 rings (SSSR count). The number of carboxylic acid groups (broad SMARTS) is 1. The first-order chi connectivity index (χ1) is 9.97. The third-order valence-electron chi connectivity index (χ3n) is 3.24. The van der Waals surface area contributed by atoms with Gasteiger partial charge in [0.2, 0.25) is 0 Å². The Morgan fingerprint density at radius 2 is 1.86 bits per heavy atom. The van der Waals surface area contributed by atoms with E-state index in [0.717, 1.165) is 31.8 Å². The van der Waals surface area contributed by atoms with Gasteiger partial charge in [0.05, 0.1) is 11.0 Å². The van der Waals surface area contributed by atoms with Crippen molar-refractivity contribution in [1.29, 1.82) is 0 Å². The molecule has 7 heteroatoms. The number of benzene rings is 1. The second-order valence-corrected chi connectivity index (χ2v) is 6.50. The lowest BCUT2D eigenvalue weighted by molar-refractivity contribution is -0.131. The van der Waals surface area contributed by atoms with Gasteiger partial charge in [-0.15, -0.1) is 0 Å². The minimum Gasteiger partial charge on any atom is -0.478 e. The molecule has 1 saturated carbocycles. The van der Waals surface area contributed by atoms with Gasteiger partial charge < -0.3 is 5.11 Å². The molecule has 1 fully saturated rings. The van der Waals surface area contributed by atoms with Crippen LogP contribution in [-0.2, 0) is 19.7 Å². The van der Waals surface area contributed by atoms with Crippen LogP contribution in [0.25, 0.3) is 6.08 Å². The third kappa shape index (κ3) is 4.66. The van der Waals surface area contributed by atoms with E-state index in [4.69, 9.17) is 9.94 Å². The molecule has 1 aliphatic rings. The molecule has 0 aliphatic heterocycles. The second-order valence-electron chi connectivity index (χ2n) is 4.85. The molecule has 1 aliphatic carbocycles. The van der Waals surface area contributed by atoms with Gasteiger partial charge in [-0.05, 0) is 36.6 Å². The lowest BCUT2D eigenvalue weighted by atomic mass is 10.2. The summed E-state index contributed by atoms with van der Waals surface area (Å²) in [6.45, 7) is 0. The summed E-state index contributed by atoms with van der Waals surface area (Å²) in [7, 11) is -3.71. The average molecular weight is 311 g/mol. The summed E-state index contributed by atoms with van der Waals surface area (Å²) in [5, 5.41) is 8.52. The summed E-state index contributed by atoms with van der Waals surface area (Å²) in [4.78, 5) is 17.8. The fraction of sp³-hybridized carbons (Fsp3) is 0.357. The molecule has 114 valence electrons. The average Bonchev–Trinajstić information content (AvgIpc) is 2.97. The monoisotopic (exact) mass is 311 g/mol. The van der Waals surface area contributed by atoms with E-state index in [1.54, 1.807) is 0 Å². The van der Waals surface area contributed by atoms with Crippen molar-refractivity contribution >= 4 is 22.1 Å². The molecule has 0 unspecified atom stereocenters. The number of hydrogen-bond donors (Lipinski definition) is 2. The van der Waals surface area contributed by atoms with E-state index in [0.29, 0.717) is 5.56 Å². The maximum Gasteiger partial charge on any atom is 0.328 e. The van der Waals surface area contributed by atoms with Gasteiger partial charge in [-0.25, -0.2) is 13.2 Å². The predicted molar refractivity (Wildman–Crippen MR) is 76.8 cm³/mol. The van der Waals surface area contributed by atoms with Gasteiger partial charge in [0.15, 0.2) is 0 Å². The number of sulfonamides is 1. The Kier molecular flexibility index (Phi) is 5.11. The first kappa shape index (κ1) is 15.7. The molecule has 6 nitrogen and oxygen atoms in total. The predicted octanol–water partition coefficient (Wildman–Crippen LogP) is 1.94. The number of carbonyl (C=O) groups is 1. The van der Waals surface area contributed by atoms with Gasteiger partial charge in [0.25, 0.3) is 10.0 Å². The smallest absolute Gasteiger partial charge is 0.328 e. The maximum atomic E-state index is 12.0. The molecule has 0 bridgehead atoms. The van der Waals surface area contributed by atoms with Crippen molar-refractivity contribution in [2.24, 2.45) is 0 Å². The summed E-state index contributed by atoms with van der Waals surface area (Å²) in [6, 6.07) is 5.87. The van der Waals surface area contributed by atoms with Crippen LogP contribution in [0.15, 0.2) is 35.2 Å². The van der Waals surface area contributed by atoms with E-state index in [2.05, 4.69) is 4.89 Å². The quantitative estimate of drug-likeness (QED) is 0.618. The molecular weight excluding hydrogens is 294 g/mol. The molecule has 0 aromatic heterocycles. The first-order valence-electron chi connectivity index (χ1n) is 6.66. The molecule has 1 aromatic carbocycles. The van der Waals surface area contributed by atoms with Crippen molar-refractivity contribution in [3.63, 3.8) is 0 Å². The Balaban J connectivity index is 2.00. The van der Waals surface area contributed by atoms with E-state index in [-0.39, 0.29) is 11.0 Å². The zero-order valence-corrected chi connectivity index (χ0v) is 12.2. The Labute approximate surface area is 123 Å². The molecule has 0 spiro atoms. The Bertz CT molecular complexity index is 615. The molecule has 1 aromatic rings. The summed E-state index contributed by atoms with van der Waals surface area (Å²) in [5.74, 6) is -1.06. The topological polar surface area (TPSA) is 92.7 Å². The zero-order valence-electron chi connectivity index (χ0n) is 11.4. The molecule has 21 heavy (non-hydrogen) atoms. The summed E-state index contributed by atoms with van der Waals surface area (Å²) in [6.07, 6.45) is 6.15. The van der Waals surface area contributed by atoms with Crippen molar-refractivity contribution in [2.45, 2.75) is 36.7 Å². The highest BCUT2D eigenvalue weighted by molar-refractivity contribution is 7.89. The number of aliphatic carboxylic acids is 1. The SMILES string of the molecule is O=C(O)/C=C/c1ccc(S(=O)(=O)NOC2CCCC2)cc1. The summed E-state index contributed by atoms with van der Waals surface area (Å²) < 4.78 is 24.0. The Hall–Kier alpha value is -1.70. The first-order valence-corrected chi connectivity index (χ1v) is 8.14. The van der Waals surface area contributed by atoms with Crippen molar-refractivity contribution in [3.8, 4) is 0 Å². The van der Waals surface area contributed by atoms with Gasteiger partial charge in [-0.2, -0.15) is 0 Å². The Morgan fingerprint density at radius 3 is 2.43 bits per heavy atom. The Morgan fingerprint density at radius 1 is 1.24 bits per heavy atom. The highest BCUT2D eigenvalue weighted by Crippen LogP contribution is 2.21. The van der Waals surface area contributed by atoms with Crippen LogP contribution in [0.3, 0.4) is 0 Å². The van der Waals surface area contributed by atoms with E-state index in [9.17, 15) is 13.2 Å². The van der Waals surface area contributed by atoms with E-state index in [1.807, 2.05) is 0 Å². The number of carboxylic acids is 1. The van der Waals surface area contributed by atoms with Crippen LogP contribution >= 0.6 is 0 Å². The highest BCUT2D eigenvalue weighted by Gasteiger charge is 2.20. The van der Waals surface area contributed by atoms with Crippen molar-refractivity contribution < 1.29 is 23.2 Å². The van der Waals surface area contributed by atoms with Crippen molar-refractivity contribution in [2.75, 3.05) is 0 Å². The number of hydrogen-bond acceptors (Lipinski definition) is 4. The number of rotatable bonds is 6. The van der Waals surface area contributed by atoms with Crippen LogP contribution in [0.5, 0.6) is 0 Å². The largest absolute Gasteiger partial charge is 0.478 e. The fourth-order valence-electron chi connectivity index (χ4n) is 2.11. The van der Waals surface area contributed by atoms with Crippen LogP contribution in [0.4, 0.5) is 0 Å². The zero-order chi connectivity index (χ0) is 15.3. The minimum absolute atomic E-state index is 0.0578. The van der Waals surface area contributed by atoms with Crippen molar-refractivity contribution in [3.05, 3.63) is 35.9 Å². The van der Waals surface area contributed by atoms with E-state index < -0.39 is 16.0 Å². The van der Waals surface area contributed by atoms with Crippen LogP contribution in [-0.4, -0.2) is 25.6 Å². The van der Waals surface area contributed by atoms with Crippen LogP contribution in [0.2, 0.25) is 0 Å². The standard InChI is InChI=1S/C14H17NO5S/c16-14(17)10-7-11-5-8-13(9-6-11)21(18,19)15-20-12-3-1-2-4-12/h5-10,12,15H,1-4H2,(H,16,17)/b10-7+. The molecule has 0 atom stereocenters. The van der Waals surface area contributed by atoms with Gasteiger partial charge in [-0.1, -0.05) is 29.9 Å². The van der Waals surface area contributed by atoms with Gasteiger partial charge in [0, 0.05) is 6.08 Å².